The lowest BCUT2D eigenvalue weighted by Crippen LogP contribution is -2.30. The van der Waals surface area contributed by atoms with Gasteiger partial charge in [-0.3, -0.25) is 9.89 Å². The van der Waals surface area contributed by atoms with Crippen LogP contribution in [0.2, 0.25) is 0 Å². The highest BCUT2D eigenvalue weighted by atomic mass is 19.4. The number of carbonyl (C=O) groups excluding carboxylic acids is 1. The number of aromatic amines is 1. The molecule has 0 spiro atoms. The van der Waals surface area contributed by atoms with E-state index < -0.39 is 11.7 Å². The number of carbonyl (C=O) groups is 1. The quantitative estimate of drug-likeness (QED) is 0.282. The highest BCUT2D eigenvalue weighted by Crippen LogP contribution is 2.36. The van der Waals surface area contributed by atoms with Crippen molar-refractivity contribution in [3.05, 3.63) is 72.4 Å². The number of alkyl halides is 3. The van der Waals surface area contributed by atoms with Crippen LogP contribution >= 0.6 is 0 Å². The van der Waals surface area contributed by atoms with E-state index in [0.29, 0.717) is 29.9 Å². The Morgan fingerprint density at radius 1 is 0.949 bits per heavy atom. The van der Waals surface area contributed by atoms with Gasteiger partial charge in [-0.05, 0) is 60.6 Å². The normalized spacial score (nSPS) is 17.9. The molecule has 2 fully saturated rings. The average Bonchev–Trinajstić information content (AvgIpc) is 3.33. The largest absolute Gasteiger partial charge is 0.416 e. The fraction of sp³-hybridized carbons (Fsp3) is 0.300. The molecule has 2 aromatic heterocycles. The summed E-state index contributed by atoms with van der Waals surface area (Å²) in [5.41, 5.74) is 4.10. The maximum absolute atomic E-state index is 13.5. The van der Waals surface area contributed by atoms with Crippen molar-refractivity contribution in [1.82, 2.24) is 24.6 Å². The summed E-state index contributed by atoms with van der Waals surface area (Å²) in [4.78, 5) is 19.2. The Morgan fingerprint density at radius 2 is 1.72 bits per heavy atom. The number of nitrogens with one attached hydrogen (secondary N) is 1. The summed E-state index contributed by atoms with van der Waals surface area (Å²) in [6.07, 6.45) is 0.160. The standard InChI is InChI=1S/C30H26F3N5O/c31-30(32,33)24-9-10-27-26(14-24)35-28(38(27)17-18-11-12-37(16-18)29(39)21-5-6-21)20-3-1-19(2-4-20)22-7-8-23-15-34-36-25(23)13-22/h1-4,7-10,13-15,18,21H,5-6,11-12,16-17H2,(H,34,36)/t18-/m1/s1. The highest BCUT2D eigenvalue weighted by molar-refractivity contribution is 5.85. The maximum atomic E-state index is 13.5. The molecule has 5 aromatic rings. The molecule has 198 valence electrons. The Balaban J connectivity index is 1.24. The van der Waals surface area contributed by atoms with Crippen LogP contribution in [0.3, 0.4) is 0 Å². The molecule has 1 aliphatic heterocycles. The number of likely N-dealkylation sites (tertiary alicyclic amines) is 1. The van der Waals surface area contributed by atoms with E-state index in [0.717, 1.165) is 65.5 Å². The highest BCUT2D eigenvalue weighted by Gasteiger charge is 2.37. The minimum atomic E-state index is -4.44. The van der Waals surface area contributed by atoms with Gasteiger partial charge in [0.05, 0.1) is 28.3 Å². The Morgan fingerprint density at radius 3 is 2.49 bits per heavy atom. The summed E-state index contributed by atoms with van der Waals surface area (Å²) < 4.78 is 42.4. The molecule has 1 amide bonds. The third-order valence-corrected chi connectivity index (χ3v) is 7.96. The molecule has 2 aliphatic rings. The van der Waals surface area contributed by atoms with Crippen molar-refractivity contribution >= 4 is 27.8 Å². The van der Waals surface area contributed by atoms with Crippen molar-refractivity contribution in [3.8, 4) is 22.5 Å². The van der Waals surface area contributed by atoms with Gasteiger partial charge in [-0.1, -0.05) is 36.4 Å². The molecule has 0 bridgehead atoms. The zero-order valence-electron chi connectivity index (χ0n) is 21.1. The first kappa shape index (κ1) is 23.9. The number of amides is 1. The van der Waals surface area contributed by atoms with Gasteiger partial charge < -0.3 is 9.47 Å². The van der Waals surface area contributed by atoms with E-state index in [9.17, 15) is 18.0 Å². The van der Waals surface area contributed by atoms with E-state index in [1.807, 2.05) is 51.9 Å². The van der Waals surface area contributed by atoms with Gasteiger partial charge in [0.15, 0.2) is 0 Å². The number of nitrogens with zero attached hydrogens (tertiary/aromatic N) is 4. The second kappa shape index (κ2) is 8.97. The fourth-order valence-electron chi connectivity index (χ4n) is 5.67. The topological polar surface area (TPSA) is 66.8 Å². The third-order valence-electron chi connectivity index (χ3n) is 7.96. The monoisotopic (exact) mass is 529 g/mol. The van der Waals surface area contributed by atoms with Crippen molar-refractivity contribution in [2.24, 2.45) is 11.8 Å². The number of imidazole rings is 1. The summed E-state index contributed by atoms with van der Waals surface area (Å²) in [6, 6.07) is 17.8. The first-order valence-electron chi connectivity index (χ1n) is 13.2. The van der Waals surface area contributed by atoms with E-state index in [1.54, 1.807) is 6.20 Å². The number of hydrogen-bond donors (Lipinski definition) is 1. The first-order valence-corrected chi connectivity index (χ1v) is 13.2. The van der Waals surface area contributed by atoms with E-state index in [4.69, 9.17) is 4.98 Å². The lowest BCUT2D eigenvalue weighted by molar-refractivity contribution is -0.137. The minimum absolute atomic E-state index is 0.182. The van der Waals surface area contributed by atoms with Crippen molar-refractivity contribution < 1.29 is 18.0 Å². The Kier molecular flexibility index (Phi) is 5.50. The molecule has 1 saturated carbocycles. The van der Waals surface area contributed by atoms with E-state index in [1.165, 1.54) is 6.07 Å². The van der Waals surface area contributed by atoms with E-state index >= 15 is 0 Å². The third kappa shape index (κ3) is 4.45. The SMILES string of the molecule is O=C(C1CC1)N1CC[C@@H](Cn2c(-c3ccc(-c4ccc5cn[nH]c5c4)cc3)nc3cc(C(F)(F)F)ccc32)C1. The molecule has 9 heteroatoms. The Bertz CT molecular complexity index is 1700. The summed E-state index contributed by atoms with van der Waals surface area (Å²) in [7, 11) is 0. The molecule has 3 aromatic carbocycles. The zero-order valence-corrected chi connectivity index (χ0v) is 21.1. The molecule has 0 unspecified atom stereocenters. The first-order chi connectivity index (χ1) is 18.8. The fourth-order valence-corrected chi connectivity index (χ4v) is 5.67. The molecule has 1 aliphatic carbocycles. The van der Waals surface area contributed by atoms with Crippen LogP contribution in [0, 0.1) is 11.8 Å². The smallest absolute Gasteiger partial charge is 0.342 e. The van der Waals surface area contributed by atoms with Gasteiger partial charge in [0.1, 0.15) is 5.82 Å². The second-order valence-corrected chi connectivity index (χ2v) is 10.7. The molecular formula is C30H26F3N5O. The molecule has 1 N–H and O–H groups in total. The van der Waals surface area contributed by atoms with Gasteiger partial charge in [0, 0.05) is 36.5 Å². The predicted octanol–water partition coefficient (Wildman–Crippen LogP) is 6.52. The molecule has 39 heavy (non-hydrogen) atoms. The molecule has 1 atom stereocenters. The molecule has 7 rings (SSSR count). The van der Waals surface area contributed by atoms with Crippen LogP contribution in [-0.2, 0) is 17.5 Å². The van der Waals surface area contributed by atoms with Crippen molar-refractivity contribution in [2.45, 2.75) is 32.0 Å². The average molecular weight is 530 g/mol. The van der Waals surface area contributed by atoms with Crippen LogP contribution in [0.25, 0.3) is 44.5 Å². The molecular weight excluding hydrogens is 503 g/mol. The van der Waals surface area contributed by atoms with Crippen molar-refractivity contribution in [2.75, 3.05) is 13.1 Å². The number of aromatic nitrogens is 4. The van der Waals surface area contributed by atoms with Gasteiger partial charge in [0.2, 0.25) is 5.91 Å². The number of hydrogen-bond acceptors (Lipinski definition) is 3. The van der Waals surface area contributed by atoms with Crippen LogP contribution in [0.5, 0.6) is 0 Å². The van der Waals surface area contributed by atoms with Gasteiger partial charge in [0.25, 0.3) is 0 Å². The summed E-state index contributed by atoms with van der Waals surface area (Å²) >= 11 is 0. The summed E-state index contributed by atoms with van der Waals surface area (Å²) in [5, 5.41) is 8.11. The van der Waals surface area contributed by atoms with E-state index in [2.05, 4.69) is 10.2 Å². The predicted molar refractivity (Wildman–Crippen MR) is 143 cm³/mol. The number of H-pyrrole nitrogens is 1. The molecule has 1 saturated heterocycles. The van der Waals surface area contributed by atoms with Gasteiger partial charge in [-0.15, -0.1) is 0 Å². The summed E-state index contributed by atoms with van der Waals surface area (Å²) in [6.45, 7) is 1.99. The second-order valence-electron chi connectivity index (χ2n) is 10.7. The van der Waals surface area contributed by atoms with Crippen LogP contribution in [-0.4, -0.2) is 43.6 Å². The number of rotatable bonds is 5. The molecule has 6 nitrogen and oxygen atoms in total. The molecule has 3 heterocycles. The minimum Gasteiger partial charge on any atom is -0.342 e. The van der Waals surface area contributed by atoms with Gasteiger partial charge >= 0.3 is 6.18 Å². The Labute approximate surface area is 222 Å². The van der Waals surface area contributed by atoms with E-state index in [-0.39, 0.29) is 17.7 Å². The molecule has 0 radical (unpaired) electrons. The number of halogens is 3. The van der Waals surface area contributed by atoms with Crippen LogP contribution in [0.4, 0.5) is 13.2 Å². The number of benzene rings is 3. The summed E-state index contributed by atoms with van der Waals surface area (Å²) in [5.74, 6) is 1.27. The lowest BCUT2D eigenvalue weighted by Gasteiger charge is -2.18. The Hall–Kier alpha value is -4.14. The van der Waals surface area contributed by atoms with Crippen LogP contribution in [0.15, 0.2) is 66.9 Å². The van der Waals surface area contributed by atoms with Crippen LogP contribution in [0.1, 0.15) is 24.8 Å². The van der Waals surface area contributed by atoms with Gasteiger partial charge in [-0.25, -0.2) is 4.98 Å². The van der Waals surface area contributed by atoms with Crippen molar-refractivity contribution in [1.29, 1.82) is 0 Å². The zero-order chi connectivity index (χ0) is 26.7. The van der Waals surface area contributed by atoms with Gasteiger partial charge in [-0.2, -0.15) is 18.3 Å². The van der Waals surface area contributed by atoms with Crippen molar-refractivity contribution in [3.63, 3.8) is 0 Å². The maximum Gasteiger partial charge on any atom is 0.416 e. The lowest BCUT2D eigenvalue weighted by atomic mass is 10.0. The van der Waals surface area contributed by atoms with Crippen LogP contribution < -0.4 is 0 Å². The number of fused-ring (bicyclic) bond motifs is 2.